The summed E-state index contributed by atoms with van der Waals surface area (Å²) in [4.78, 5) is 38.8. The van der Waals surface area contributed by atoms with Crippen LogP contribution in [0.3, 0.4) is 0 Å². The van der Waals surface area contributed by atoms with E-state index in [0.717, 1.165) is 10.9 Å². The van der Waals surface area contributed by atoms with Gasteiger partial charge in [0, 0.05) is 23.6 Å². The zero-order valence-corrected chi connectivity index (χ0v) is 16.5. The van der Waals surface area contributed by atoms with Crippen LogP contribution in [0.4, 0.5) is 11.4 Å². The molecule has 2 aromatic carbocycles. The summed E-state index contributed by atoms with van der Waals surface area (Å²) >= 11 is 3.36. The average Bonchev–Trinajstić information content (AvgIpc) is 3.13. The molecule has 6 nitrogen and oxygen atoms in total. The number of hydrogen-bond donors (Lipinski definition) is 2. The Morgan fingerprint density at radius 3 is 2.44 bits per heavy atom. The third-order valence-corrected chi connectivity index (χ3v) is 4.92. The van der Waals surface area contributed by atoms with Crippen LogP contribution in [-0.2, 0) is 9.59 Å². The van der Waals surface area contributed by atoms with E-state index in [2.05, 4.69) is 26.6 Å². The molecule has 1 aliphatic heterocycles. The molecule has 27 heavy (non-hydrogen) atoms. The molecule has 0 saturated carbocycles. The minimum Gasteiger partial charge on any atom is -0.327 e. The van der Waals surface area contributed by atoms with Crippen molar-refractivity contribution < 1.29 is 14.4 Å². The molecular weight excluding hydrogens is 410 g/mol. The zero-order chi connectivity index (χ0) is 19.4. The van der Waals surface area contributed by atoms with E-state index < -0.39 is 6.04 Å². The SMILES string of the molecule is CC(=O)Nc1ccccc1C(=O)N1CCC[C@H]1C(=O)Nc1ccc(Br)cc1. The number of amides is 3. The summed E-state index contributed by atoms with van der Waals surface area (Å²) in [5.74, 6) is -0.714. The van der Waals surface area contributed by atoms with Gasteiger partial charge in [0.2, 0.25) is 11.8 Å². The topological polar surface area (TPSA) is 78.5 Å². The number of carbonyl (C=O) groups is 3. The molecular formula is C20H20BrN3O3. The van der Waals surface area contributed by atoms with Crippen molar-refractivity contribution in [3.8, 4) is 0 Å². The third-order valence-electron chi connectivity index (χ3n) is 4.40. The fourth-order valence-electron chi connectivity index (χ4n) is 3.16. The van der Waals surface area contributed by atoms with Crippen molar-refractivity contribution in [3.63, 3.8) is 0 Å². The van der Waals surface area contributed by atoms with Gasteiger partial charge in [-0.15, -0.1) is 0 Å². The summed E-state index contributed by atoms with van der Waals surface area (Å²) in [6.45, 7) is 1.90. The maximum atomic E-state index is 13.0. The van der Waals surface area contributed by atoms with Gasteiger partial charge in [0.25, 0.3) is 5.91 Å². The van der Waals surface area contributed by atoms with Crippen molar-refractivity contribution in [2.75, 3.05) is 17.2 Å². The molecule has 0 unspecified atom stereocenters. The zero-order valence-electron chi connectivity index (χ0n) is 14.9. The van der Waals surface area contributed by atoms with E-state index >= 15 is 0 Å². The molecule has 0 aliphatic carbocycles. The highest BCUT2D eigenvalue weighted by atomic mass is 79.9. The van der Waals surface area contributed by atoms with E-state index in [-0.39, 0.29) is 17.7 Å². The van der Waals surface area contributed by atoms with E-state index in [4.69, 9.17) is 0 Å². The highest BCUT2D eigenvalue weighted by Gasteiger charge is 2.35. The normalized spacial score (nSPS) is 16.1. The lowest BCUT2D eigenvalue weighted by atomic mass is 10.1. The van der Waals surface area contributed by atoms with E-state index in [9.17, 15) is 14.4 Å². The summed E-state index contributed by atoms with van der Waals surface area (Å²) < 4.78 is 0.924. The molecule has 2 aromatic rings. The number of anilines is 2. The van der Waals surface area contributed by atoms with Crippen LogP contribution >= 0.6 is 15.9 Å². The second-order valence-corrected chi connectivity index (χ2v) is 7.30. The molecule has 140 valence electrons. The Bertz CT molecular complexity index is 867. The van der Waals surface area contributed by atoms with Crippen LogP contribution in [-0.4, -0.2) is 35.2 Å². The van der Waals surface area contributed by atoms with Crippen molar-refractivity contribution >= 4 is 45.0 Å². The van der Waals surface area contributed by atoms with Gasteiger partial charge in [-0.05, 0) is 49.2 Å². The molecule has 3 rings (SSSR count). The van der Waals surface area contributed by atoms with Crippen molar-refractivity contribution in [1.82, 2.24) is 4.90 Å². The maximum absolute atomic E-state index is 13.0. The summed E-state index contributed by atoms with van der Waals surface area (Å²) in [5.41, 5.74) is 1.52. The third kappa shape index (κ3) is 4.54. The molecule has 1 aliphatic rings. The molecule has 1 fully saturated rings. The number of nitrogens with one attached hydrogen (secondary N) is 2. The molecule has 7 heteroatoms. The quantitative estimate of drug-likeness (QED) is 0.778. The number of benzene rings is 2. The molecule has 3 amide bonds. The van der Waals surface area contributed by atoms with Crippen LogP contribution in [0.2, 0.25) is 0 Å². The lowest BCUT2D eigenvalue weighted by Gasteiger charge is -2.25. The predicted octanol–water partition coefficient (Wildman–Crippen LogP) is 3.65. The first-order valence-electron chi connectivity index (χ1n) is 8.70. The lowest BCUT2D eigenvalue weighted by Crippen LogP contribution is -2.43. The Hall–Kier alpha value is -2.67. The van der Waals surface area contributed by atoms with Crippen LogP contribution < -0.4 is 10.6 Å². The van der Waals surface area contributed by atoms with Gasteiger partial charge in [0.15, 0.2) is 0 Å². The van der Waals surface area contributed by atoms with Gasteiger partial charge in [0.1, 0.15) is 6.04 Å². The Morgan fingerprint density at radius 1 is 1.04 bits per heavy atom. The maximum Gasteiger partial charge on any atom is 0.256 e. The highest BCUT2D eigenvalue weighted by Crippen LogP contribution is 2.25. The smallest absolute Gasteiger partial charge is 0.256 e. The first-order chi connectivity index (χ1) is 13.0. The van der Waals surface area contributed by atoms with Crippen LogP contribution in [0.15, 0.2) is 53.0 Å². The van der Waals surface area contributed by atoms with Crippen LogP contribution in [0, 0.1) is 0 Å². The van der Waals surface area contributed by atoms with E-state index in [1.54, 1.807) is 41.3 Å². The number of hydrogen-bond acceptors (Lipinski definition) is 3. The van der Waals surface area contributed by atoms with Gasteiger partial charge in [0.05, 0.1) is 11.3 Å². The second-order valence-electron chi connectivity index (χ2n) is 6.38. The highest BCUT2D eigenvalue weighted by molar-refractivity contribution is 9.10. The number of nitrogens with zero attached hydrogens (tertiary/aromatic N) is 1. The summed E-state index contributed by atoms with van der Waals surface area (Å²) in [6, 6.07) is 13.6. The molecule has 0 spiro atoms. The predicted molar refractivity (Wildman–Crippen MR) is 108 cm³/mol. The Labute approximate surface area is 166 Å². The first kappa shape index (κ1) is 19.1. The molecule has 1 saturated heterocycles. The van der Waals surface area contributed by atoms with E-state index in [1.165, 1.54) is 6.92 Å². The van der Waals surface area contributed by atoms with Gasteiger partial charge >= 0.3 is 0 Å². The minimum atomic E-state index is -0.536. The van der Waals surface area contributed by atoms with Crippen molar-refractivity contribution in [3.05, 3.63) is 58.6 Å². The van der Waals surface area contributed by atoms with Gasteiger partial charge < -0.3 is 15.5 Å². The fraction of sp³-hybridized carbons (Fsp3) is 0.250. The summed E-state index contributed by atoms with van der Waals surface area (Å²) in [6.07, 6.45) is 1.36. The summed E-state index contributed by atoms with van der Waals surface area (Å²) in [7, 11) is 0. The first-order valence-corrected chi connectivity index (χ1v) is 9.49. The van der Waals surface area contributed by atoms with Crippen molar-refractivity contribution in [2.24, 2.45) is 0 Å². The number of likely N-dealkylation sites (tertiary alicyclic amines) is 1. The molecule has 1 atom stereocenters. The largest absolute Gasteiger partial charge is 0.327 e. The van der Waals surface area contributed by atoms with Crippen LogP contribution in [0.1, 0.15) is 30.1 Å². The van der Waals surface area contributed by atoms with Gasteiger partial charge in [-0.25, -0.2) is 0 Å². The summed E-state index contributed by atoms with van der Waals surface area (Å²) in [5, 5.41) is 5.55. The number of rotatable bonds is 4. The number of halogens is 1. The second kappa shape index (κ2) is 8.35. The van der Waals surface area contributed by atoms with Crippen molar-refractivity contribution in [1.29, 1.82) is 0 Å². The monoisotopic (exact) mass is 429 g/mol. The van der Waals surface area contributed by atoms with Gasteiger partial charge in [-0.2, -0.15) is 0 Å². The fourth-order valence-corrected chi connectivity index (χ4v) is 3.43. The molecule has 0 aromatic heterocycles. The Balaban J connectivity index is 1.77. The van der Waals surface area contributed by atoms with Crippen molar-refractivity contribution in [2.45, 2.75) is 25.8 Å². The Kier molecular flexibility index (Phi) is 5.91. The lowest BCUT2D eigenvalue weighted by molar-refractivity contribution is -0.119. The van der Waals surface area contributed by atoms with Crippen LogP contribution in [0.25, 0.3) is 0 Å². The molecule has 0 bridgehead atoms. The molecule has 2 N–H and O–H groups in total. The van der Waals surface area contributed by atoms with Crippen LogP contribution in [0.5, 0.6) is 0 Å². The average molecular weight is 430 g/mol. The molecule has 1 heterocycles. The minimum absolute atomic E-state index is 0.208. The van der Waals surface area contributed by atoms with Gasteiger partial charge in [-0.1, -0.05) is 28.1 Å². The molecule has 0 radical (unpaired) electrons. The van der Waals surface area contributed by atoms with Gasteiger partial charge in [-0.3, -0.25) is 14.4 Å². The number of para-hydroxylation sites is 1. The van der Waals surface area contributed by atoms with E-state index in [1.807, 2.05) is 12.1 Å². The van der Waals surface area contributed by atoms with E-state index in [0.29, 0.717) is 29.9 Å². The number of carbonyl (C=O) groups excluding carboxylic acids is 3. The standard InChI is InChI=1S/C20H20BrN3O3/c1-13(25)22-17-6-3-2-5-16(17)20(27)24-12-4-7-18(24)19(26)23-15-10-8-14(21)9-11-15/h2-3,5-6,8-11,18H,4,7,12H2,1H3,(H,22,25)(H,23,26)/t18-/m0/s1. The Morgan fingerprint density at radius 2 is 1.74 bits per heavy atom.